The lowest BCUT2D eigenvalue weighted by molar-refractivity contribution is -0.0497. The second kappa shape index (κ2) is 6.23. The van der Waals surface area contributed by atoms with Gasteiger partial charge in [-0.15, -0.1) is 11.3 Å². The quantitative estimate of drug-likeness (QED) is 0.562. The third-order valence-corrected chi connectivity index (χ3v) is 4.80. The van der Waals surface area contributed by atoms with E-state index in [1.807, 2.05) is 19.1 Å². The molecule has 1 aromatic heterocycles. The van der Waals surface area contributed by atoms with E-state index >= 15 is 0 Å². The number of aryl methyl sites for hydroxylation is 1. The molecule has 0 aliphatic heterocycles. The van der Waals surface area contributed by atoms with Crippen molar-refractivity contribution in [2.24, 2.45) is 0 Å². The Morgan fingerprint density at radius 1 is 1.14 bits per heavy atom. The Morgan fingerprint density at radius 2 is 1.95 bits per heavy atom. The first-order valence-electron chi connectivity index (χ1n) is 6.73. The van der Waals surface area contributed by atoms with Gasteiger partial charge < -0.3 is 4.74 Å². The van der Waals surface area contributed by atoms with Crippen LogP contribution in [0.3, 0.4) is 0 Å². The number of ether oxygens (including phenoxy) is 1. The van der Waals surface area contributed by atoms with Crippen LogP contribution in [0, 0.1) is 6.92 Å². The van der Waals surface area contributed by atoms with Crippen molar-refractivity contribution in [3.05, 3.63) is 63.5 Å². The first-order valence-corrected chi connectivity index (χ1v) is 7.93. The highest BCUT2D eigenvalue weighted by molar-refractivity contribution is 7.19. The minimum atomic E-state index is -2.80. The number of rotatable bonds is 4. The lowest BCUT2D eigenvalue weighted by atomic mass is 10.1. The molecule has 0 amide bonds. The Kier molecular flexibility index (Phi) is 4.32. The minimum absolute atomic E-state index is 0.185. The van der Waals surface area contributed by atoms with E-state index in [0.717, 1.165) is 37.5 Å². The molecule has 0 bridgehead atoms. The van der Waals surface area contributed by atoms with Crippen molar-refractivity contribution < 1.29 is 13.5 Å². The Bertz CT molecular complexity index is 814. The van der Waals surface area contributed by atoms with Crippen LogP contribution < -0.4 is 4.74 Å². The van der Waals surface area contributed by atoms with E-state index in [-0.39, 0.29) is 5.75 Å². The monoisotopic (exact) mass is 338 g/mol. The van der Waals surface area contributed by atoms with Crippen LogP contribution in [-0.2, 0) is 6.42 Å². The second-order valence-corrected chi connectivity index (χ2v) is 6.64. The summed E-state index contributed by atoms with van der Waals surface area (Å²) in [5.74, 6) is 0.185. The highest BCUT2D eigenvalue weighted by Gasteiger charge is 2.09. The van der Waals surface area contributed by atoms with Crippen LogP contribution in [-0.4, -0.2) is 6.61 Å². The summed E-state index contributed by atoms with van der Waals surface area (Å²) >= 11 is 7.79. The zero-order valence-electron chi connectivity index (χ0n) is 11.8. The maximum absolute atomic E-state index is 12.3. The highest BCUT2D eigenvalue weighted by atomic mass is 35.5. The number of fused-ring (bicyclic) bond motifs is 1. The van der Waals surface area contributed by atoms with Crippen LogP contribution in [0.25, 0.3) is 10.1 Å². The van der Waals surface area contributed by atoms with Crippen LogP contribution in [0.15, 0.2) is 42.5 Å². The molecule has 0 spiro atoms. The summed E-state index contributed by atoms with van der Waals surface area (Å²) in [6.45, 7) is -0.776. The maximum atomic E-state index is 12.3. The molecule has 1 nitrogen and oxygen atoms in total. The van der Waals surface area contributed by atoms with Crippen LogP contribution in [0.1, 0.15) is 16.0 Å². The molecule has 0 fully saturated rings. The van der Waals surface area contributed by atoms with Crippen molar-refractivity contribution in [2.45, 2.75) is 20.0 Å². The summed E-state index contributed by atoms with van der Waals surface area (Å²) < 4.78 is 29.9. The predicted octanol–water partition coefficient (Wildman–Crippen LogP) is 6.06. The molecule has 0 radical (unpaired) electrons. The summed E-state index contributed by atoms with van der Waals surface area (Å²) in [7, 11) is 0. The SMILES string of the molecule is Cc1ccc(Cl)c(Cc2cc3ccc(OC(F)F)cc3s2)c1. The van der Waals surface area contributed by atoms with Crippen LogP contribution in [0.4, 0.5) is 8.78 Å². The molecular weight excluding hydrogens is 326 g/mol. The van der Waals surface area contributed by atoms with E-state index in [9.17, 15) is 8.78 Å². The van der Waals surface area contributed by atoms with Gasteiger partial charge in [-0.05, 0) is 48.2 Å². The van der Waals surface area contributed by atoms with E-state index in [4.69, 9.17) is 11.6 Å². The van der Waals surface area contributed by atoms with E-state index in [1.54, 1.807) is 29.5 Å². The van der Waals surface area contributed by atoms with Gasteiger partial charge in [-0.1, -0.05) is 29.3 Å². The van der Waals surface area contributed by atoms with Gasteiger partial charge in [0.25, 0.3) is 0 Å². The topological polar surface area (TPSA) is 9.23 Å². The van der Waals surface area contributed by atoms with E-state index in [1.165, 1.54) is 0 Å². The average Bonchev–Trinajstić information content (AvgIpc) is 2.84. The summed E-state index contributed by atoms with van der Waals surface area (Å²) in [5.41, 5.74) is 2.23. The van der Waals surface area contributed by atoms with Gasteiger partial charge in [-0.25, -0.2) is 0 Å². The third kappa shape index (κ3) is 3.39. The Labute approximate surface area is 136 Å². The van der Waals surface area contributed by atoms with E-state index in [2.05, 4.69) is 16.9 Å². The third-order valence-electron chi connectivity index (χ3n) is 3.33. The van der Waals surface area contributed by atoms with Crippen molar-refractivity contribution in [3.63, 3.8) is 0 Å². The van der Waals surface area contributed by atoms with E-state index in [0.29, 0.717) is 0 Å². The van der Waals surface area contributed by atoms with Crippen molar-refractivity contribution in [3.8, 4) is 5.75 Å². The fourth-order valence-electron chi connectivity index (χ4n) is 2.36. The molecular formula is C17H13ClF2OS. The fourth-order valence-corrected chi connectivity index (χ4v) is 3.66. The lowest BCUT2D eigenvalue weighted by Gasteiger charge is -2.03. The van der Waals surface area contributed by atoms with Crippen molar-refractivity contribution in [1.29, 1.82) is 0 Å². The molecule has 0 saturated carbocycles. The predicted molar refractivity (Wildman–Crippen MR) is 87.5 cm³/mol. The van der Waals surface area contributed by atoms with Crippen LogP contribution in [0.5, 0.6) is 5.75 Å². The minimum Gasteiger partial charge on any atom is -0.435 e. The number of thiophene rings is 1. The summed E-state index contributed by atoms with van der Waals surface area (Å²) in [6.07, 6.45) is 0.727. The number of hydrogen-bond acceptors (Lipinski definition) is 2. The molecule has 0 atom stereocenters. The van der Waals surface area contributed by atoms with Gasteiger partial charge in [-0.3, -0.25) is 0 Å². The van der Waals surface area contributed by atoms with Gasteiger partial charge in [0, 0.05) is 21.0 Å². The van der Waals surface area contributed by atoms with E-state index < -0.39 is 6.61 Å². The fraction of sp³-hybridized carbons (Fsp3) is 0.176. The molecule has 3 aromatic rings. The first kappa shape index (κ1) is 15.3. The van der Waals surface area contributed by atoms with Crippen LogP contribution >= 0.6 is 22.9 Å². The van der Waals surface area contributed by atoms with Crippen molar-refractivity contribution in [2.75, 3.05) is 0 Å². The molecule has 0 saturated heterocycles. The molecule has 3 rings (SSSR count). The average molecular weight is 339 g/mol. The van der Waals surface area contributed by atoms with Gasteiger partial charge in [0.05, 0.1) is 0 Å². The summed E-state index contributed by atoms with van der Waals surface area (Å²) in [5, 5.41) is 1.76. The largest absolute Gasteiger partial charge is 0.435 e. The summed E-state index contributed by atoms with van der Waals surface area (Å²) in [6, 6.07) is 13.0. The normalized spacial score (nSPS) is 11.3. The van der Waals surface area contributed by atoms with Gasteiger partial charge in [0.2, 0.25) is 0 Å². The lowest BCUT2D eigenvalue weighted by Crippen LogP contribution is -2.01. The molecule has 0 aliphatic rings. The smallest absolute Gasteiger partial charge is 0.387 e. The van der Waals surface area contributed by atoms with Gasteiger partial charge in [-0.2, -0.15) is 8.78 Å². The Hall–Kier alpha value is -1.65. The zero-order chi connectivity index (χ0) is 15.7. The second-order valence-electron chi connectivity index (χ2n) is 5.06. The number of benzene rings is 2. The Morgan fingerprint density at radius 3 is 2.73 bits per heavy atom. The summed E-state index contributed by atoms with van der Waals surface area (Å²) in [4.78, 5) is 1.14. The zero-order valence-corrected chi connectivity index (χ0v) is 13.3. The Balaban J connectivity index is 1.90. The number of hydrogen-bond donors (Lipinski definition) is 0. The molecule has 114 valence electrons. The molecule has 1 heterocycles. The number of alkyl halides is 2. The molecule has 22 heavy (non-hydrogen) atoms. The standard InChI is InChI=1S/C17H13ClF2OS/c1-10-2-5-15(18)12(6-10)8-14-7-11-3-4-13(21-17(19)20)9-16(11)22-14/h2-7,9,17H,8H2,1H3. The van der Waals surface area contributed by atoms with Crippen molar-refractivity contribution >= 4 is 33.0 Å². The first-order chi connectivity index (χ1) is 10.5. The highest BCUT2D eigenvalue weighted by Crippen LogP contribution is 2.32. The van der Waals surface area contributed by atoms with Gasteiger partial charge in [0.15, 0.2) is 0 Å². The molecule has 0 unspecified atom stereocenters. The molecule has 2 aromatic carbocycles. The molecule has 0 N–H and O–H groups in total. The van der Waals surface area contributed by atoms with Gasteiger partial charge in [0.1, 0.15) is 5.75 Å². The maximum Gasteiger partial charge on any atom is 0.387 e. The van der Waals surface area contributed by atoms with Crippen molar-refractivity contribution in [1.82, 2.24) is 0 Å². The van der Waals surface area contributed by atoms with Crippen LogP contribution in [0.2, 0.25) is 5.02 Å². The van der Waals surface area contributed by atoms with Gasteiger partial charge >= 0.3 is 6.61 Å². The number of halogens is 3. The molecule has 0 aliphatic carbocycles. The molecule has 5 heteroatoms.